The summed E-state index contributed by atoms with van der Waals surface area (Å²) in [7, 11) is -2.84. The fraction of sp³-hybridized carbons (Fsp3) is 0.316. The van der Waals surface area contributed by atoms with Gasteiger partial charge in [-0.3, -0.25) is 13.9 Å². The number of benzene rings is 4. The first kappa shape index (κ1) is 36.2. The molecule has 11 heteroatoms. The van der Waals surface area contributed by atoms with Gasteiger partial charge in [0.2, 0.25) is 11.8 Å². The van der Waals surface area contributed by atoms with E-state index in [9.17, 15) is 18.0 Å². The zero-order chi connectivity index (χ0) is 35.1. The molecule has 8 nitrogen and oxygen atoms in total. The lowest BCUT2D eigenvalue weighted by Crippen LogP contribution is -2.54. The maximum atomic E-state index is 14.8. The molecule has 4 aromatic rings. The minimum atomic E-state index is -4.29. The van der Waals surface area contributed by atoms with Gasteiger partial charge in [-0.05, 0) is 79.8 Å². The van der Waals surface area contributed by atoms with Crippen molar-refractivity contribution in [3.63, 3.8) is 0 Å². The van der Waals surface area contributed by atoms with Crippen molar-refractivity contribution in [2.45, 2.75) is 69.5 Å². The van der Waals surface area contributed by atoms with E-state index in [0.717, 1.165) is 46.7 Å². The first-order valence-corrected chi connectivity index (χ1v) is 18.5. The molecule has 258 valence electrons. The number of hydrogen-bond donors (Lipinski definition) is 1. The minimum absolute atomic E-state index is 0.00247. The molecule has 1 N–H and O–H groups in total. The Bertz CT molecular complexity index is 1880. The van der Waals surface area contributed by atoms with Crippen LogP contribution in [0.3, 0.4) is 0 Å². The lowest BCUT2D eigenvalue weighted by molar-refractivity contribution is -0.140. The number of anilines is 1. The highest BCUT2D eigenvalue weighted by molar-refractivity contribution is 7.92. The van der Waals surface area contributed by atoms with Crippen LogP contribution in [0.5, 0.6) is 5.75 Å². The van der Waals surface area contributed by atoms with E-state index in [0.29, 0.717) is 15.6 Å². The molecule has 1 aliphatic carbocycles. The fourth-order valence-electron chi connectivity index (χ4n) is 6.10. The van der Waals surface area contributed by atoms with E-state index in [-0.39, 0.29) is 41.2 Å². The smallest absolute Gasteiger partial charge is 0.264 e. The van der Waals surface area contributed by atoms with Gasteiger partial charge in [0.1, 0.15) is 18.3 Å². The molecule has 49 heavy (non-hydrogen) atoms. The third-order valence-corrected chi connectivity index (χ3v) is 11.3. The quantitative estimate of drug-likeness (QED) is 0.154. The summed E-state index contributed by atoms with van der Waals surface area (Å²) in [5, 5.41) is 3.83. The Labute approximate surface area is 299 Å². The predicted octanol–water partition coefficient (Wildman–Crippen LogP) is 7.51. The summed E-state index contributed by atoms with van der Waals surface area (Å²) >= 11 is 12.6. The Kier molecular flexibility index (Phi) is 11.9. The van der Waals surface area contributed by atoms with Crippen molar-refractivity contribution < 1.29 is 22.7 Å². The summed E-state index contributed by atoms with van der Waals surface area (Å²) in [5.74, 6) is -0.594. The molecular weight excluding hydrogens is 681 g/mol. The highest BCUT2D eigenvalue weighted by Gasteiger charge is 2.36. The highest BCUT2D eigenvalue weighted by atomic mass is 35.5. The molecule has 0 saturated heterocycles. The van der Waals surface area contributed by atoms with Crippen molar-refractivity contribution in [3.05, 3.63) is 123 Å². The topological polar surface area (TPSA) is 96.0 Å². The molecule has 1 saturated carbocycles. The summed E-state index contributed by atoms with van der Waals surface area (Å²) in [4.78, 5) is 30.5. The number of nitrogens with zero attached hydrogens (tertiary/aromatic N) is 2. The van der Waals surface area contributed by atoms with Gasteiger partial charge in [-0.25, -0.2) is 8.42 Å². The van der Waals surface area contributed by atoms with E-state index in [1.807, 2.05) is 44.2 Å². The zero-order valence-corrected chi connectivity index (χ0v) is 30.2. The normalized spacial score (nSPS) is 13.9. The summed E-state index contributed by atoms with van der Waals surface area (Å²) in [6.45, 7) is 3.08. The van der Waals surface area contributed by atoms with Crippen LogP contribution in [-0.2, 0) is 32.6 Å². The van der Waals surface area contributed by atoms with Gasteiger partial charge in [-0.2, -0.15) is 0 Å². The van der Waals surface area contributed by atoms with Crippen molar-refractivity contribution in [3.8, 4) is 5.75 Å². The van der Waals surface area contributed by atoms with Gasteiger partial charge >= 0.3 is 0 Å². The molecule has 0 unspecified atom stereocenters. The molecule has 0 radical (unpaired) electrons. The number of carbonyl (C=O) groups is 2. The number of methoxy groups -OCH3 is 1. The van der Waals surface area contributed by atoms with Crippen LogP contribution in [-0.4, -0.2) is 50.9 Å². The molecule has 1 aliphatic rings. The molecule has 0 bridgehead atoms. The first-order chi connectivity index (χ1) is 23.5. The summed E-state index contributed by atoms with van der Waals surface area (Å²) in [5.41, 5.74) is 3.36. The van der Waals surface area contributed by atoms with Crippen LogP contribution in [0.2, 0.25) is 10.0 Å². The minimum Gasteiger partial charge on any atom is -0.495 e. The maximum Gasteiger partial charge on any atom is 0.264 e. The lowest BCUT2D eigenvalue weighted by Gasteiger charge is -2.34. The second-order valence-electron chi connectivity index (χ2n) is 12.5. The fourth-order valence-corrected chi connectivity index (χ4v) is 7.84. The Morgan fingerprint density at radius 3 is 2.18 bits per heavy atom. The van der Waals surface area contributed by atoms with Crippen LogP contribution in [0, 0.1) is 13.8 Å². The molecule has 4 aromatic carbocycles. The predicted molar refractivity (Wildman–Crippen MR) is 195 cm³/mol. The van der Waals surface area contributed by atoms with E-state index < -0.39 is 28.5 Å². The van der Waals surface area contributed by atoms with E-state index in [2.05, 4.69) is 5.32 Å². The van der Waals surface area contributed by atoms with Crippen LogP contribution in [0.1, 0.15) is 47.9 Å². The van der Waals surface area contributed by atoms with Crippen LogP contribution >= 0.6 is 23.2 Å². The van der Waals surface area contributed by atoms with E-state index in [1.54, 1.807) is 48.5 Å². The average molecular weight is 723 g/mol. The maximum absolute atomic E-state index is 14.8. The number of rotatable bonds is 13. The van der Waals surface area contributed by atoms with E-state index in [1.165, 1.54) is 24.1 Å². The number of amides is 2. The Balaban J connectivity index is 1.61. The Morgan fingerprint density at radius 2 is 1.53 bits per heavy atom. The van der Waals surface area contributed by atoms with E-state index >= 15 is 0 Å². The van der Waals surface area contributed by atoms with Crippen LogP contribution in [0.4, 0.5) is 5.69 Å². The molecule has 1 atom stereocenters. The van der Waals surface area contributed by atoms with Gasteiger partial charge in [0.25, 0.3) is 10.0 Å². The van der Waals surface area contributed by atoms with Crippen molar-refractivity contribution in [2.75, 3.05) is 18.0 Å². The van der Waals surface area contributed by atoms with Gasteiger partial charge in [0.15, 0.2) is 0 Å². The van der Waals surface area contributed by atoms with Gasteiger partial charge in [-0.1, -0.05) is 96.2 Å². The summed E-state index contributed by atoms with van der Waals surface area (Å²) < 4.78 is 35.6. The van der Waals surface area contributed by atoms with Gasteiger partial charge < -0.3 is 15.0 Å². The van der Waals surface area contributed by atoms with E-state index in [4.69, 9.17) is 27.9 Å². The highest BCUT2D eigenvalue weighted by Crippen LogP contribution is 2.34. The number of halogens is 2. The lowest BCUT2D eigenvalue weighted by atomic mass is 10.0. The second-order valence-corrected chi connectivity index (χ2v) is 15.1. The standard InChI is InChI=1S/C38H41Cl2N3O5S/c1-26-13-17-31(18-14-26)49(46,47)43(34-21-27(2)15-20-36(34)48-3)25-37(44)42(24-29-16-19-32(39)33(40)22-29)35(23-28-9-5-4-6-10-28)38(45)41-30-11-7-8-12-30/h4-6,9-10,13-22,30,35H,7-8,11-12,23-25H2,1-3H3,(H,41,45)/t35-/m0/s1. The molecule has 5 rings (SSSR count). The molecule has 1 fully saturated rings. The Hall–Kier alpha value is -4.05. The first-order valence-electron chi connectivity index (χ1n) is 16.3. The molecular formula is C38H41Cl2N3O5S. The Morgan fingerprint density at radius 1 is 0.857 bits per heavy atom. The van der Waals surface area contributed by atoms with Crippen LogP contribution in [0.15, 0.2) is 95.9 Å². The molecule has 0 spiro atoms. The van der Waals surface area contributed by atoms with Crippen molar-refractivity contribution in [1.82, 2.24) is 10.2 Å². The summed E-state index contributed by atoms with van der Waals surface area (Å²) in [6.07, 6.45) is 3.97. The third-order valence-electron chi connectivity index (χ3n) is 8.80. The van der Waals surface area contributed by atoms with Crippen molar-refractivity contribution in [2.24, 2.45) is 0 Å². The van der Waals surface area contributed by atoms with Crippen LogP contribution in [0.25, 0.3) is 0 Å². The largest absolute Gasteiger partial charge is 0.495 e. The van der Waals surface area contributed by atoms with Gasteiger partial charge in [-0.15, -0.1) is 0 Å². The molecule has 2 amide bonds. The zero-order valence-electron chi connectivity index (χ0n) is 27.9. The number of sulfonamides is 1. The van der Waals surface area contributed by atoms with Crippen molar-refractivity contribution >= 4 is 50.7 Å². The van der Waals surface area contributed by atoms with Gasteiger partial charge in [0, 0.05) is 19.0 Å². The SMILES string of the molecule is COc1ccc(C)cc1N(CC(=O)N(Cc1ccc(Cl)c(Cl)c1)[C@@H](Cc1ccccc1)C(=O)NC1CCCC1)S(=O)(=O)c1ccc(C)cc1. The number of carbonyl (C=O) groups excluding carboxylic acids is 2. The number of aryl methyl sites for hydroxylation is 2. The van der Waals surface area contributed by atoms with Crippen molar-refractivity contribution in [1.29, 1.82) is 0 Å². The molecule has 0 aromatic heterocycles. The third kappa shape index (κ3) is 8.95. The monoisotopic (exact) mass is 721 g/mol. The van der Waals surface area contributed by atoms with Gasteiger partial charge in [0.05, 0.1) is 27.7 Å². The van der Waals surface area contributed by atoms with Crippen LogP contribution < -0.4 is 14.4 Å². The molecule has 0 heterocycles. The average Bonchev–Trinajstić information content (AvgIpc) is 3.60. The number of nitrogens with one attached hydrogen (secondary N) is 1. The number of hydrogen-bond acceptors (Lipinski definition) is 5. The second kappa shape index (κ2) is 16.1. The summed E-state index contributed by atoms with van der Waals surface area (Å²) in [6, 6.07) is 25.1. The number of ether oxygens (including phenoxy) is 1. The molecule has 0 aliphatic heterocycles.